The van der Waals surface area contributed by atoms with Crippen molar-refractivity contribution in [2.75, 3.05) is 0 Å². The predicted octanol–water partition coefficient (Wildman–Crippen LogP) is 2.48. The normalized spacial score (nSPS) is 13.7. The smallest absolute Gasteiger partial charge is 0.341 e. The topological polar surface area (TPSA) is 109 Å². The second-order valence-electron chi connectivity index (χ2n) is 6.99. The Labute approximate surface area is 149 Å². The molecule has 0 saturated carbocycles. The summed E-state index contributed by atoms with van der Waals surface area (Å²) in [5.41, 5.74) is -2.93. The summed E-state index contributed by atoms with van der Waals surface area (Å²) >= 11 is 0. The average Bonchev–Trinajstić information content (AvgIpc) is 2.51. The van der Waals surface area contributed by atoms with Gasteiger partial charge in [0.25, 0.3) is 0 Å². The van der Waals surface area contributed by atoms with Gasteiger partial charge in [-0.1, -0.05) is 0 Å². The molecule has 0 aromatic carbocycles. The summed E-state index contributed by atoms with van der Waals surface area (Å²) in [5, 5.41) is 0. The van der Waals surface area contributed by atoms with Gasteiger partial charge in [-0.15, -0.1) is 0 Å². The molecule has 1 aromatic rings. The lowest BCUT2D eigenvalue weighted by molar-refractivity contribution is -0.179. The van der Waals surface area contributed by atoms with Crippen LogP contribution in [0.3, 0.4) is 0 Å². The van der Waals surface area contributed by atoms with Gasteiger partial charge in [-0.25, -0.2) is 4.79 Å². The Morgan fingerprint density at radius 1 is 1.12 bits per heavy atom. The van der Waals surface area contributed by atoms with Crippen LogP contribution in [0.25, 0.3) is 0 Å². The van der Waals surface area contributed by atoms with Crippen LogP contribution in [-0.2, 0) is 19.2 Å². The van der Waals surface area contributed by atoms with Gasteiger partial charge in [0.2, 0.25) is 11.9 Å². The largest absolute Gasteiger partial charge is 0.459 e. The molecule has 0 spiro atoms. The minimum atomic E-state index is -1.72. The van der Waals surface area contributed by atoms with E-state index in [0.717, 1.165) is 12.1 Å². The lowest BCUT2D eigenvalue weighted by Gasteiger charge is -2.29. The Morgan fingerprint density at radius 3 is 2.23 bits per heavy atom. The van der Waals surface area contributed by atoms with E-state index in [2.05, 4.69) is 9.82 Å². The van der Waals surface area contributed by atoms with Gasteiger partial charge in [0, 0.05) is 6.42 Å². The predicted molar refractivity (Wildman–Crippen MR) is 86.6 cm³/mol. The van der Waals surface area contributed by atoms with Gasteiger partial charge < -0.3 is 9.57 Å². The highest BCUT2D eigenvalue weighted by molar-refractivity contribution is 6.00. The first-order valence-corrected chi connectivity index (χ1v) is 7.90. The van der Waals surface area contributed by atoms with Crippen LogP contribution in [0.5, 0.6) is 0 Å². The van der Waals surface area contributed by atoms with Crippen LogP contribution < -0.4 is 5.90 Å². The third-order valence-electron chi connectivity index (χ3n) is 3.60. The van der Waals surface area contributed by atoms with Gasteiger partial charge in [-0.2, -0.15) is 19.7 Å². The molecule has 0 aliphatic carbocycles. The van der Waals surface area contributed by atoms with Crippen molar-refractivity contribution in [2.45, 2.75) is 52.6 Å². The second kappa shape index (κ2) is 8.31. The molecule has 0 aliphatic heterocycles. The van der Waals surface area contributed by atoms with E-state index in [4.69, 9.17) is 10.6 Å². The SMILES string of the molecule is CC(C)(C)OC(=O)C(C)(CCCC(=O)c1ccc(F)nc1F)C(=O)ON. The number of nitrogens with zero attached hydrogens (tertiary/aromatic N) is 1. The number of Topliss-reactive ketones (excluding diaryl/α,β-unsaturated/α-hetero) is 1. The zero-order chi connectivity index (χ0) is 20.1. The second-order valence-corrected chi connectivity index (χ2v) is 6.99. The van der Waals surface area contributed by atoms with Crippen LogP contribution >= 0.6 is 0 Å². The number of ether oxygens (including phenoxy) is 1. The van der Waals surface area contributed by atoms with Crippen LogP contribution in [0.4, 0.5) is 8.78 Å². The maximum atomic E-state index is 13.5. The fourth-order valence-electron chi connectivity index (χ4n) is 2.17. The summed E-state index contributed by atoms with van der Waals surface area (Å²) in [6.45, 7) is 6.19. The highest BCUT2D eigenvalue weighted by atomic mass is 19.1. The number of carbonyl (C=O) groups excluding carboxylic acids is 3. The highest BCUT2D eigenvalue weighted by Gasteiger charge is 2.45. The molecule has 0 bridgehead atoms. The molecule has 1 aromatic heterocycles. The quantitative estimate of drug-likeness (QED) is 0.257. The Bertz CT molecular complexity index is 703. The summed E-state index contributed by atoms with van der Waals surface area (Å²) < 4.78 is 31.5. The lowest BCUT2D eigenvalue weighted by Crippen LogP contribution is -2.43. The molecule has 1 heterocycles. The van der Waals surface area contributed by atoms with E-state index >= 15 is 0 Å². The number of carbonyl (C=O) groups is 3. The van der Waals surface area contributed by atoms with Gasteiger partial charge in [-0.05, 0) is 52.7 Å². The summed E-state index contributed by atoms with van der Waals surface area (Å²) in [6, 6.07) is 1.86. The summed E-state index contributed by atoms with van der Waals surface area (Å²) in [7, 11) is 0. The van der Waals surface area contributed by atoms with Crippen molar-refractivity contribution < 1.29 is 32.7 Å². The lowest BCUT2D eigenvalue weighted by atomic mass is 9.84. The average molecular weight is 372 g/mol. The number of esters is 1. The molecule has 1 rings (SSSR count). The monoisotopic (exact) mass is 372 g/mol. The number of hydrogen-bond acceptors (Lipinski definition) is 7. The summed E-state index contributed by atoms with van der Waals surface area (Å²) in [4.78, 5) is 43.5. The number of nitrogens with two attached hydrogens (primary N) is 1. The van der Waals surface area contributed by atoms with Crippen molar-refractivity contribution in [3.63, 3.8) is 0 Å². The highest BCUT2D eigenvalue weighted by Crippen LogP contribution is 2.30. The van der Waals surface area contributed by atoms with E-state index in [1.54, 1.807) is 20.8 Å². The number of rotatable bonds is 7. The molecular formula is C17H22F2N2O5. The van der Waals surface area contributed by atoms with E-state index in [1.807, 2.05) is 0 Å². The van der Waals surface area contributed by atoms with Crippen molar-refractivity contribution in [1.82, 2.24) is 4.98 Å². The maximum absolute atomic E-state index is 13.5. The summed E-state index contributed by atoms with van der Waals surface area (Å²) in [5.74, 6) is 0.156. The van der Waals surface area contributed by atoms with Crippen molar-refractivity contribution in [2.24, 2.45) is 11.3 Å². The molecule has 0 radical (unpaired) electrons. The van der Waals surface area contributed by atoms with Crippen molar-refractivity contribution in [1.29, 1.82) is 0 Å². The van der Waals surface area contributed by atoms with Gasteiger partial charge in [-0.3, -0.25) is 9.59 Å². The molecule has 0 fully saturated rings. The fraction of sp³-hybridized carbons (Fsp3) is 0.529. The fourth-order valence-corrected chi connectivity index (χ4v) is 2.17. The standard InChI is InChI=1S/C17H22F2N2O5/c1-16(2,3)25-14(23)17(4,15(24)26-20)9-5-6-11(22)10-7-8-12(18)21-13(10)19/h7-8H,5-6,9,20H2,1-4H3. The molecule has 9 heteroatoms. The van der Waals surface area contributed by atoms with Crippen LogP contribution in [0.1, 0.15) is 57.3 Å². The third kappa shape index (κ3) is 5.55. The Kier molecular flexibility index (Phi) is 6.91. The van der Waals surface area contributed by atoms with Gasteiger partial charge in [0.05, 0.1) is 5.56 Å². The van der Waals surface area contributed by atoms with Crippen LogP contribution in [0, 0.1) is 17.3 Å². The third-order valence-corrected chi connectivity index (χ3v) is 3.60. The van der Waals surface area contributed by atoms with Crippen molar-refractivity contribution >= 4 is 17.7 Å². The zero-order valence-corrected chi connectivity index (χ0v) is 15.1. The van der Waals surface area contributed by atoms with Gasteiger partial charge >= 0.3 is 11.9 Å². The molecule has 1 unspecified atom stereocenters. The molecule has 0 saturated heterocycles. The number of pyridine rings is 1. The Hall–Kier alpha value is -2.42. The van der Waals surface area contributed by atoms with Crippen molar-refractivity contribution in [3.05, 3.63) is 29.6 Å². The Balaban J connectivity index is 2.82. The summed E-state index contributed by atoms with van der Waals surface area (Å²) in [6.07, 6.45) is -0.263. The molecule has 26 heavy (non-hydrogen) atoms. The molecular weight excluding hydrogens is 350 g/mol. The molecule has 0 amide bonds. The van der Waals surface area contributed by atoms with E-state index in [-0.39, 0.29) is 24.8 Å². The first-order valence-electron chi connectivity index (χ1n) is 7.90. The van der Waals surface area contributed by atoms with Crippen LogP contribution in [0.15, 0.2) is 12.1 Å². The zero-order valence-electron chi connectivity index (χ0n) is 15.1. The van der Waals surface area contributed by atoms with E-state index < -0.39 is 40.6 Å². The molecule has 144 valence electrons. The minimum absolute atomic E-state index is 0.0422. The van der Waals surface area contributed by atoms with E-state index in [9.17, 15) is 23.2 Å². The number of ketones is 1. The molecule has 0 aliphatic rings. The Morgan fingerprint density at radius 2 is 1.73 bits per heavy atom. The molecule has 1 atom stereocenters. The maximum Gasteiger partial charge on any atom is 0.341 e. The van der Waals surface area contributed by atoms with Crippen molar-refractivity contribution in [3.8, 4) is 0 Å². The minimum Gasteiger partial charge on any atom is -0.459 e. The number of halogens is 2. The molecule has 7 nitrogen and oxygen atoms in total. The van der Waals surface area contributed by atoms with E-state index in [1.165, 1.54) is 6.92 Å². The van der Waals surface area contributed by atoms with Gasteiger partial charge in [0.1, 0.15) is 5.60 Å². The van der Waals surface area contributed by atoms with Gasteiger partial charge in [0.15, 0.2) is 11.2 Å². The molecule has 2 N–H and O–H groups in total. The number of aromatic nitrogens is 1. The first kappa shape index (κ1) is 21.6. The van der Waals surface area contributed by atoms with Crippen LogP contribution in [-0.4, -0.2) is 28.3 Å². The first-order chi connectivity index (χ1) is 11.9. The van der Waals surface area contributed by atoms with Crippen LogP contribution in [0.2, 0.25) is 0 Å². The number of hydrogen-bond donors (Lipinski definition) is 1. The van der Waals surface area contributed by atoms with E-state index in [0.29, 0.717) is 0 Å².